The molecule has 142 valence electrons. The molecule has 27 heavy (non-hydrogen) atoms. The summed E-state index contributed by atoms with van der Waals surface area (Å²) in [6.45, 7) is 6.03. The number of oxime groups is 1. The topological polar surface area (TPSA) is 120 Å². The van der Waals surface area contributed by atoms with Gasteiger partial charge in [0.1, 0.15) is 24.5 Å². The van der Waals surface area contributed by atoms with Crippen molar-refractivity contribution in [1.82, 2.24) is 9.97 Å². The highest BCUT2D eigenvalue weighted by Gasteiger charge is 2.40. The van der Waals surface area contributed by atoms with Crippen LogP contribution in [0, 0.1) is 0 Å². The standard InChI is InChI=1S/C19H22N4O4/c1-4-26-14(25)7-8-27-23-17-13-9-11(24)5-6-12(13)16-15(19(17,2)3)18(20)22-10-21-16/h5-6,9-10,24H,4,7-8H2,1-3H3,(H2,20,21,22)/b23-17+. The normalized spacial score (nSPS) is 15.7. The minimum atomic E-state index is -0.661. The van der Waals surface area contributed by atoms with Gasteiger partial charge in [0.15, 0.2) is 0 Å². The second-order valence-electron chi connectivity index (χ2n) is 6.67. The molecule has 1 heterocycles. The van der Waals surface area contributed by atoms with Gasteiger partial charge in [-0.25, -0.2) is 9.97 Å². The van der Waals surface area contributed by atoms with Gasteiger partial charge in [0.2, 0.25) is 0 Å². The molecule has 2 aromatic rings. The van der Waals surface area contributed by atoms with Crippen LogP contribution in [0.25, 0.3) is 11.3 Å². The number of hydrogen-bond donors (Lipinski definition) is 2. The molecule has 0 fully saturated rings. The van der Waals surface area contributed by atoms with E-state index >= 15 is 0 Å². The molecule has 0 saturated heterocycles. The first-order valence-corrected chi connectivity index (χ1v) is 8.67. The van der Waals surface area contributed by atoms with Crippen molar-refractivity contribution in [3.8, 4) is 17.0 Å². The Morgan fingerprint density at radius 1 is 1.30 bits per heavy atom. The highest BCUT2D eigenvalue weighted by atomic mass is 16.6. The summed E-state index contributed by atoms with van der Waals surface area (Å²) in [5.74, 6) is 0.124. The van der Waals surface area contributed by atoms with Gasteiger partial charge in [-0.1, -0.05) is 5.16 Å². The third-order valence-corrected chi connectivity index (χ3v) is 4.47. The molecule has 1 aliphatic rings. The maximum atomic E-state index is 11.5. The number of hydrogen-bond acceptors (Lipinski definition) is 8. The monoisotopic (exact) mass is 370 g/mol. The average Bonchev–Trinajstić information content (AvgIpc) is 2.60. The van der Waals surface area contributed by atoms with Crippen LogP contribution in [0.15, 0.2) is 29.7 Å². The molecule has 0 radical (unpaired) electrons. The zero-order chi connectivity index (χ0) is 19.6. The third kappa shape index (κ3) is 3.42. The number of carbonyl (C=O) groups is 1. The number of phenolic OH excluding ortho intramolecular Hbond substituents is 1. The Balaban J connectivity index is 2.01. The Labute approximate surface area is 157 Å². The summed E-state index contributed by atoms with van der Waals surface area (Å²) in [6, 6.07) is 4.96. The summed E-state index contributed by atoms with van der Waals surface area (Å²) < 4.78 is 4.88. The quantitative estimate of drug-likeness (QED) is 0.471. The number of anilines is 1. The van der Waals surface area contributed by atoms with Crippen molar-refractivity contribution in [1.29, 1.82) is 0 Å². The van der Waals surface area contributed by atoms with Crippen molar-refractivity contribution in [3.05, 3.63) is 35.7 Å². The van der Waals surface area contributed by atoms with E-state index in [9.17, 15) is 9.90 Å². The fourth-order valence-corrected chi connectivity index (χ4v) is 3.24. The van der Waals surface area contributed by atoms with Crippen molar-refractivity contribution in [2.75, 3.05) is 18.9 Å². The van der Waals surface area contributed by atoms with Gasteiger partial charge in [0.25, 0.3) is 0 Å². The van der Waals surface area contributed by atoms with Crippen LogP contribution in [-0.2, 0) is 19.8 Å². The Morgan fingerprint density at radius 2 is 2.07 bits per heavy atom. The van der Waals surface area contributed by atoms with E-state index in [2.05, 4.69) is 15.1 Å². The van der Waals surface area contributed by atoms with Crippen molar-refractivity contribution < 1.29 is 19.5 Å². The summed E-state index contributed by atoms with van der Waals surface area (Å²) in [4.78, 5) is 25.4. The first-order valence-electron chi connectivity index (χ1n) is 8.67. The van der Waals surface area contributed by atoms with Gasteiger partial charge in [0.05, 0.1) is 24.4 Å². The van der Waals surface area contributed by atoms with Crippen LogP contribution < -0.4 is 5.73 Å². The molecule has 0 atom stereocenters. The number of esters is 1. The van der Waals surface area contributed by atoms with Gasteiger partial charge in [-0.2, -0.15) is 0 Å². The lowest BCUT2D eigenvalue weighted by atomic mass is 9.70. The minimum Gasteiger partial charge on any atom is -0.508 e. The lowest BCUT2D eigenvalue weighted by molar-refractivity contribution is -0.144. The molecule has 1 aromatic carbocycles. The number of fused-ring (bicyclic) bond motifs is 3. The highest BCUT2D eigenvalue weighted by Crippen LogP contribution is 2.45. The lowest BCUT2D eigenvalue weighted by Crippen LogP contribution is -2.36. The largest absolute Gasteiger partial charge is 0.508 e. The number of nitrogens with zero attached hydrogens (tertiary/aromatic N) is 3. The van der Waals surface area contributed by atoms with E-state index < -0.39 is 5.41 Å². The Morgan fingerprint density at radius 3 is 2.81 bits per heavy atom. The summed E-state index contributed by atoms with van der Waals surface area (Å²) >= 11 is 0. The fourth-order valence-electron chi connectivity index (χ4n) is 3.24. The molecule has 0 spiro atoms. The van der Waals surface area contributed by atoms with Crippen LogP contribution in [0.5, 0.6) is 5.75 Å². The van der Waals surface area contributed by atoms with Crippen LogP contribution >= 0.6 is 0 Å². The molecule has 0 amide bonds. The second-order valence-corrected chi connectivity index (χ2v) is 6.67. The lowest BCUT2D eigenvalue weighted by Gasteiger charge is -2.34. The van der Waals surface area contributed by atoms with Gasteiger partial charge >= 0.3 is 5.97 Å². The van der Waals surface area contributed by atoms with Crippen LogP contribution in [0.1, 0.15) is 38.3 Å². The smallest absolute Gasteiger partial charge is 0.309 e. The van der Waals surface area contributed by atoms with E-state index in [1.807, 2.05) is 13.8 Å². The Hall–Kier alpha value is -3.16. The SMILES string of the molecule is CCOC(=O)CCO/N=C1\c2cc(O)ccc2-c2ncnc(N)c2C1(C)C. The number of nitrogens with two attached hydrogens (primary N) is 1. The van der Waals surface area contributed by atoms with Crippen LogP contribution in [-0.4, -0.2) is 40.0 Å². The molecule has 1 aliphatic carbocycles. The molecular weight excluding hydrogens is 348 g/mol. The molecule has 3 rings (SSSR count). The van der Waals surface area contributed by atoms with E-state index in [1.54, 1.807) is 25.1 Å². The molecule has 0 unspecified atom stereocenters. The fraction of sp³-hybridized carbons (Fsp3) is 0.368. The predicted molar refractivity (Wildman–Crippen MR) is 100 cm³/mol. The molecule has 0 aliphatic heterocycles. The number of nitrogen functional groups attached to an aromatic ring is 1. The molecule has 8 nitrogen and oxygen atoms in total. The molecule has 1 aromatic heterocycles. The van der Waals surface area contributed by atoms with Gasteiger partial charge in [-0.3, -0.25) is 4.79 Å². The number of phenols is 1. The van der Waals surface area contributed by atoms with E-state index in [0.717, 1.165) is 11.1 Å². The average molecular weight is 370 g/mol. The van der Waals surface area contributed by atoms with Gasteiger partial charge < -0.3 is 20.4 Å². The zero-order valence-corrected chi connectivity index (χ0v) is 15.5. The van der Waals surface area contributed by atoms with E-state index in [-0.39, 0.29) is 24.7 Å². The van der Waals surface area contributed by atoms with Crippen LogP contribution in [0.3, 0.4) is 0 Å². The molecular formula is C19H22N4O4. The molecule has 8 heteroatoms. The van der Waals surface area contributed by atoms with Crippen LogP contribution in [0.4, 0.5) is 5.82 Å². The van der Waals surface area contributed by atoms with Crippen LogP contribution in [0.2, 0.25) is 0 Å². The zero-order valence-electron chi connectivity index (χ0n) is 15.5. The number of benzene rings is 1. The van der Waals surface area contributed by atoms with E-state index in [1.165, 1.54) is 6.33 Å². The van der Waals surface area contributed by atoms with E-state index in [4.69, 9.17) is 15.3 Å². The Bertz CT molecular complexity index is 909. The minimum absolute atomic E-state index is 0.0835. The highest BCUT2D eigenvalue weighted by molar-refractivity contribution is 6.15. The predicted octanol–water partition coefficient (Wildman–Crippen LogP) is 2.40. The first kappa shape index (κ1) is 18.6. The van der Waals surface area contributed by atoms with Gasteiger partial charge in [-0.05, 0) is 39.0 Å². The van der Waals surface area contributed by atoms with Gasteiger partial charge in [0, 0.05) is 22.1 Å². The maximum Gasteiger partial charge on any atom is 0.309 e. The van der Waals surface area contributed by atoms with Crippen molar-refractivity contribution in [2.24, 2.45) is 5.16 Å². The number of ether oxygens (including phenoxy) is 1. The maximum absolute atomic E-state index is 11.5. The summed E-state index contributed by atoms with van der Waals surface area (Å²) in [5, 5.41) is 14.2. The number of rotatable bonds is 5. The summed E-state index contributed by atoms with van der Waals surface area (Å²) in [5.41, 5.74) is 8.98. The number of aromatic nitrogens is 2. The van der Waals surface area contributed by atoms with Crippen molar-refractivity contribution >= 4 is 17.5 Å². The summed E-state index contributed by atoms with van der Waals surface area (Å²) in [7, 11) is 0. The van der Waals surface area contributed by atoms with E-state index in [0.29, 0.717) is 29.4 Å². The second kappa shape index (κ2) is 7.22. The Kier molecular flexibility index (Phi) is 4.98. The first-order chi connectivity index (χ1) is 12.9. The molecule has 0 bridgehead atoms. The van der Waals surface area contributed by atoms with Gasteiger partial charge in [-0.15, -0.1) is 0 Å². The third-order valence-electron chi connectivity index (χ3n) is 4.47. The van der Waals surface area contributed by atoms with Crippen molar-refractivity contribution in [3.63, 3.8) is 0 Å². The number of aromatic hydroxyl groups is 1. The molecule has 3 N–H and O–H groups in total. The van der Waals surface area contributed by atoms with Crippen molar-refractivity contribution in [2.45, 2.75) is 32.6 Å². The summed E-state index contributed by atoms with van der Waals surface area (Å²) in [6.07, 6.45) is 1.51. The molecule has 0 saturated carbocycles. The number of carbonyl (C=O) groups excluding carboxylic acids is 1.